The van der Waals surface area contributed by atoms with Crippen molar-refractivity contribution in [2.75, 3.05) is 43.7 Å². The SMILES string of the molecule is CCCCC(C(=O)NCC1CCCCC1)N1CCN(Cc2ccc(Oc3ccc(NS(C)(=O)=O)cc3)cc2)CC1.Cl.Cl. The minimum atomic E-state index is -3.30. The third-order valence-electron chi connectivity index (χ3n) is 7.99. The summed E-state index contributed by atoms with van der Waals surface area (Å²) in [5.74, 6) is 2.26. The first kappa shape index (κ1) is 36.2. The molecule has 2 aromatic rings. The average Bonchev–Trinajstić information content (AvgIpc) is 2.95. The molecule has 0 radical (unpaired) electrons. The number of nitrogens with one attached hydrogen (secondary N) is 2. The number of nitrogens with zero attached hydrogens (tertiary/aromatic N) is 2. The number of rotatable bonds is 13. The van der Waals surface area contributed by atoms with Crippen LogP contribution >= 0.6 is 24.8 Å². The Balaban J connectivity index is 0.00000308. The summed E-state index contributed by atoms with van der Waals surface area (Å²) < 4.78 is 31.1. The molecule has 2 fully saturated rings. The van der Waals surface area contributed by atoms with Crippen molar-refractivity contribution in [3.63, 3.8) is 0 Å². The number of amides is 1. The van der Waals surface area contributed by atoms with Gasteiger partial charge in [-0.05, 0) is 67.1 Å². The number of unbranched alkanes of at least 4 members (excludes halogenated alkanes) is 1. The molecule has 1 amide bonds. The van der Waals surface area contributed by atoms with Crippen LogP contribution < -0.4 is 14.8 Å². The first-order valence-electron chi connectivity index (χ1n) is 14.9. The Morgan fingerprint density at radius 1 is 0.929 bits per heavy atom. The number of carbonyl (C=O) groups is 1. The molecule has 2 aromatic carbocycles. The summed E-state index contributed by atoms with van der Waals surface area (Å²) in [6.45, 7) is 7.63. The van der Waals surface area contributed by atoms with Gasteiger partial charge in [0.25, 0.3) is 0 Å². The molecule has 11 heteroatoms. The quantitative estimate of drug-likeness (QED) is 0.276. The molecular formula is C31H48Cl2N4O4S. The maximum Gasteiger partial charge on any atom is 0.237 e. The van der Waals surface area contributed by atoms with Crippen molar-refractivity contribution in [1.29, 1.82) is 0 Å². The lowest BCUT2D eigenvalue weighted by Gasteiger charge is -2.39. The van der Waals surface area contributed by atoms with Gasteiger partial charge in [-0.1, -0.05) is 51.2 Å². The van der Waals surface area contributed by atoms with E-state index in [9.17, 15) is 13.2 Å². The molecule has 1 atom stereocenters. The van der Waals surface area contributed by atoms with E-state index in [0.29, 0.717) is 17.4 Å². The Bertz CT molecular complexity index is 1170. The first-order valence-corrected chi connectivity index (χ1v) is 16.8. The van der Waals surface area contributed by atoms with Crippen molar-refractivity contribution in [1.82, 2.24) is 15.1 Å². The molecular weight excluding hydrogens is 595 g/mol. The molecule has 1 aliphatic carbocycles. The number of hydrogen-bond donors (Lipinski definition) is 2. The number of piperazine rings is 1. The van der Waals surface area contributed by atoms with Crippen LogP contribution in [-0.4, -0.2) is 69.1 Å². The van der Waals surface area contributed by atoms with Crippen LogP contribution in [0.5, 0.6) is 11.5 Å². The van der Waals surface area contributed by atoms with E-state index < -0.39 is 10.0 Å². The van der Waals surface area contributed by atoms with Crippen LogP contribution in [0.2, 0.25) is 0 Å². The van der Waals surface area contributed by atoms with Gasteiger partial charge < -0.3 is 10.1 Å². The molecule has 2 aliphatic rings. The second-order valence-electron chi connectivity index (χ2n) is 11.4. The Hall–Kier alpha value is -2.04. The fraction of sp³-hybridized carbons (Fsp3) is 0.581. The molecule has 1 heterocycles. The molecule has 42 heavy (non-hydrogen) atoms. The second kappa shape index (κ2) is 17.9. The molecule has 2 N–H and O–H groups in total. The largest absolute Gasteiger partial charge is 0.457 e. The summed E-state index contributed by atoms with van der Waals surface area (Å²) >= 11 is 0. The van der Waals surface area contributed by atoms with Crippen molar-refractivity contribution in [3.8, 4) is 11.5 Å². The summed E-state index contributed by atoms with van der Waals surface area (Å²) in [5, 5.41) is 3.31. The molecule has 0 aromatic heterocycles. The highest BCUT2D eigenvalue weighted by Gasteiger charge is 2.29. The van der Waals surface area contributed by atoms with E-state index in [0.717, 1.165) is 70.5 Å². The van der Waals surface area contributed by atoms with Gasteiger partial charge in [0.2, 0.25) is 15.9 Å². The van der Waals surface area contributed by atoms with E-state index in [-0.39, 0.29) is 36.8 Å². The van der Waals surface area contributed by atoms with Crippen molar-refractivity contribution in [3.05, 3.63) is 54.1 Å². The zero-order chi connectivity index (χ0) is 28.4. The lowest BCUT2D eigenvalue weighted by molar-refractivity contribution is -0.127. The minimum absolute atomic E-state index is 0. The van der Waals surface area contributed by atoms with Crippen LogP contribution in [0, 0.1) is 5.92 Å². The minimum Gasteiger partial charge on any atom is -0.457 e. The van der Waals surface area contributed by atoms with Gasteiger partial charge in [0.05, 0.1) is 12.3 Å². The van der Waals surface area contributed by atoms with Crippen molar-refractivity contribution < 1.29 is 17.9 Å². The van der Waals surface area contributed by atoms with Crippen molar-refractivity contribution in [2.24, 2.45) is 5.92 Å². The summed E-state index contributed by atoms with van der Waals surface area (Å²) in [7, 11) is -3.30. The zero-order valence-corrected chi connectivity index (χ0v) is 27.4. The van der Waals surface area contributed by atoms with Crippen LogP contribution in [0.3, 0.4) is 0 Å². The first-order chi connectivity index (χ1) is 19.3. The summed E-state index contributed by atoms with van der Waals surface area (Å²) in [5.41, 5.74) is 1.73. The van der Waals surface area contributed by atoms with E-state index in [2.05, 4.69) is 38.9 Å². The third kappa shape index (κ3) is 11.9. The predicted octanol–water partition coefficient (Wildman–Crippen LogP) is 6.07. The summed E-state index contributed by atoms with van der Waals surface area (Å²) in [6.07, 6.45) is 10.7. The molecule has 1 unspecified atom stereocenters. The zero-order valence-electron chi connectivity index (χ0n) is 24.9. The summed E-state index contributed by atoms with van der Waals surface area (Å²) in [6, 6.07) is 14.9. The van der Waals surface area contributed by atoms with Crippen LogP contribution in [0.25, 0.3) is 0 Å². The van der Waals surface area contributed by atoms with Crippen molar-refractivity contribution >= 4 is 46.4 Å². The van der Waals surface area contributed by atoms with Gasteiger partial charge in [-0.3, -0.25) is 19.3 Å². The van der Waals surface area contributed by atoms with Gasteiger partial charge in [0, 0.05) is 45.0 Å². The van der Waals surface area contributed by atoms with Crippen LogP contribution in [0.1, 0.15) is 63.9 Å². The Morgan fingerprint density at radius 3 is 2.10 bits per heavy atom. The van der Waals surface area contributed by atoms with Gasteiger partial charge in [0.15, 0.2) is 0 Å². The van der Waals surface area contributed by atoms with Gasteiger partial charge in [-0.25, -0.2) is 8.42 Å². The van der Waals surface area contributed by atoms with E-state index in [1.54, 1.807) is 24.3 Å². The number of anilines is 1. The Kier molecular flexibility index (Phi) is 15.4. The highest BCUT2D eigenvalue weighted by Crippen LogP contribution is 2.25. The normalized spacial score (nSPS) is 17.4. The summed E-state index contributed by atoms with van der Waals surface area (Å²) in [4.78, 5) is 18.0. The standard InChI is InChI=1S/C31H46N4O4S.2ClH/c1-3-4-10-30(31(36)32-23-25-8-6-5-7-9-25)35-21-19-34(20-22-35)24-26-11-15-28(16-12-26)39-29-17-13-27(14-18-29)33-40(2,37)38;;/h11-18,25,30,33H,3-10,19-24H2,1-2H3,(H,32,36);2*1H. The van der Waals surface area contributed by atoms with E-state index in [1.807, 2.05) is 12.1 Å². The second-order valence-corrected chi connectivity index (χ2v) is 13.1. The highest BCUT2D eigenvalue weighted by atomic mass is 35.5. The van der Waals surface area contributed by atoms with Crippen LogP contribution in [-0.2, 0) is 21.4 Å². The number of carbonyl (C=O) groups excluding carboxylic acids is 1. The smallest absolute Gasteiger partial charge is 0.237 e. The van der Waals surface area contributed by atoms with E-state index >= 15 is 0 Å². The van der Waals surface area contributed by atoms with E-state index in [4.69, 9.17) is 4.74 Å². The molecule has 0 bridgehead atoms. The van der Waals surface area contributed by atoms with Crippen LogP contribution in [0.15, 0.2) is 48.5 Å². The third-order valence-corrected chi connectivity index (χ3v) is 8.60. The van der Waals surface area contributed by atoms with E-state index in [1.165, 1.54) is 37.7 Å². The fourth-order valence-electron chi connectivity index (χ4n) is 5.73. The number of ether oxygens (including phenoxy) is 1. The Labute approximate surface area is 264 Å². The molecule has 0 spiro atoms. The van der Waals surface area contributed by atoms with Crippen molar-refractivity contribution in [2.45, 2.75) is 70.9 Å². The molecule has 1 saturated carbocycles. The van der Waals surface area contributed by atoms with Gasteiger partial charge in [-0.15, -0.1) is 24.8 Å². The topological polar surface area (TPSA) is 91.0 Å². The number of hydrogen-bond acceptors (Lipinski definition) is 6. The van der Waals surface area contributed by atoms with Crippen LogP contribution in [0.4, 0.5) is 5.69 Å². The molecule has 4 rings (SSSR count). The van der Waals surface area contributed by atoms with Gasteiger partial charge in [-0.2, -0.15) is 0 Å². The molecule has 1 saturated heterocycles. The lowest BCUT2D eigenvalue weighted by atomic mass is 9.89. The van der Waals surface area contributed by atoms with Gasteiger partial charge >= 0.3 is 0 Å². The number of benzene rings is 2. The maximum absolute atomic E-state index is 13.2. The number of sulfonamides is 1. The number of halogens is 2. The average molecular weight is 644 g/mol. The fourth-order valence-corrected chi connectivity index (χ4v) is 6.29. The Morgan fingerprint density at radius 2 is 1.52 bits per heavy atom. The van der Waals surface area contributed by atoms with Gasteiger partial charge in [0.1, 0.15) is 11.5 Å². The monoisotopic (exact) mass is 642 g/mol. The maximum atomic E-state index is 13.2. The predicted molar refractivity (Wildman–Crippen MR) is 176 cm³/mol. The highest BCUT2D eigenvalue weighted by molar-refractivity contribution is 7.92. The molecule has 236 valence electrons. The molecule has 8 nitrogen and oxygen atoms in total. The lowest BCUT2D eigenvalue weighted by Crippen LogP contribution is -2.55. The molecule has 1 aliphatic heterocycles.